The molecule has 0 aliphatic rings. The van der Waals surface area contributed by atoms with Crippen LogP contribution in [-0.4, -0.2) is 43.2 Å². The lowest BCUT2D eigenvalue weighted by Crippen LogP contribution is -2.37. The van der Waals surface area contributed by atoms with Crippen LogP contribution in [0.2, 0.25) is 0 Å². The molecular formula is C16H27N3O2. The Balaban J connectivity index is 2.47. The molecule has 5 nitrogen and oxygen atoms in total. The van der Waals surface area contributed by atoms with Crippen LogP contribution in [0.4, 0.5) is 10.5 Å². The number of rotatable bonds is 8. The van der Waals surface area contributed by atoms with Gasteiger partial charge >= 0.3 is 6.03 Å². The molecule has 2 N–H and O–H groups in total. The van der Waals surface area contributed by atoms with E-state index in [9.17, 15) is 4.79 Å². The Bertz CT molecular complexity index is 431. The third-order valence-electron chi connectivity index (χ3n) is 3.11. The number of para-hydroxylation sites is 2. The molecule has 1 rings (SSSR count). The van der Waals surface area contributed by atoms with Crippen LogP contribution >= 0.6 is 0 Å². The molecule has 2 amide bonds. The number of amides is 2. The molecule has 1 aromatic rings. The van der Waals surface area contributed by atoms with E-state index in [1.807, 2.05) is 38.1 Å². The normalized spacial score (nSPS) is 10.8. The largest absolute Gasteiger partial charge is 0.489 e. The van der Waals surface area contributed by atoms with Crippen molar-refractivity contribution in [2.75, 3.05) is 31.5 Å². The zero-order chi connectivity index (χ0) is 15.7. The van der Waals surface area contributed by atoms with Gasteiger partial charge < -0.3 is 20.3 Å². The fourth-order valence-electron chi connectivity index (χ4n) is 1.96. The second-order valence-corrected chi connectivity index (χ2v) is 5.07. The van der Waals surface area contributed by atoms with Crippen LogP contribution in [0.15, 0.2) is 24.3 Å². The highest BCUT2D eigenvalue weighted by atomic mass is 16.5. The van der Waals surface area contributed by atoms with Gasteiger partial charge in [0.15, 0.2) is 0 Å². The summed E-state index contributed by atoms with van der Waals surface area (Å²) in [6.07, 6.45) is 0.0682. The molecule has 118 valence electrons. The highest BCUT2D eigenvalue weighted by molar-refractivity contribution is 5.90. The predicted octanol–water partition coefficient (Wildman–Crippen LogP) is 2.94. The summed E-state index contributed by atoms with van der Waals surface area (Å²) in [5, 5.41) is 5.70. The molecule has 0 aliphatic heterocycles. The maximum atomic E-state index is 11.9. The standard InChI is InChI=1S/C16H27N3O2/c1-5-19(6-2)12-11-17-16(20)18-14-9-7-8-10-15(14)21-13(3)4/h7-10,13H,5-6,11-12H2,1-4H3,(H2,17,18,20). The Morgan fingerprint density at radius 1 is 1.24 bits per heavy atom. The molecule has 0 spiro atoms. The highest BCUT2D eigenvalue weighted by Gasteiger charge is 2.08. The van der Waals surface area contributed by atoms with Gasteiger partial charge in [-0.15, -0.1) is 0 Å². The minimum absolute atomic E-state index is 0.0682. The Morgan fingerprint density at radius 2 is 1.90 bits per heavy atom. The molecule has 0 aromatic heterocycles. The van der Waals surface area contributed by atoms with Gasteiger partial charge in [0.25, 0.3) is 0 Å². The van der Waals surface area contributed by atoms with Crippen molar-refractivity contribution in [3.63, 3.8) is 0 Å². The SMILES string of the molecule is CCN(CC)CCNC(=O)Nc1ccccc1OC(C)C. The fourth-order valence-corrected chi connectivity index (χ4v) is 1.96. The van der Waals surface area contributed by atoms with Crippen molar-refractivity contribution in [3.05, 3.63) is 24.3 Å². The van der Waals surface area contributed by atoms with Crippen LogP contribution in [0.5, 0.6) is 5.75 Å². The van der Waals surface area contributed by atoms with Crippen molar-refractivity contribution < 1.29 is 9.53 Å². The predicted molar refractivity (Wildman–Crippen MR) is 87.0 cm³/mol. The van der Waals surface area contributed by atoms with Gasteiger partial charge in [0.1, 0.15) is 5.75 Å². The van der Waals surface area contributed by atoms with Gasteiger partial charge in [0, 0.05) is 13.1 Å². The molecule has 0 saturated heterocycles. The number of carbonyl (C=O) groups excluding carboxylic acids is 1. The first-order valence-electron chi connectivity index (χ1n) is 7.59. The molecule has 0 unspecified atom stereocenters. The van der Waals surface area contributed by atoms with Crippen molar-refractivity contribution in [1.82, 2.24) is 10.2 Å². The van der Waals surface area contributed by atoms with Crippen LogP contribution < -0.4 is 15.4 Å². The number of urea groups is 1. The van der Waals surface area contributed by atoms with Crippen LogP contribution in [0.25, 0.3) is 0 Å². The van der Waals surface area contributed by atoms with Gasteiger partial charge in [-0.25, -0.2) is 4.79 Å². The lowest BCUT2D eigenvalue weighted by molar-refractivity contribution is 0.241. The van der Waals surface area contributed by atoms with Gasteiger partial charge in [-0.05, 0) is 39.1 Å². The first kappa shape index (κ1) is 17.3. The van der Waals surface area contributed by atoms with Crippen molar-refractivity contribution in [3.8, 4) is 5.75 Å². The second kappa shape index (κ2) is 9.23. The Labute approximate surface area is 127 Å². The van der Waals surface area contributed by atoms with E-state index in [1.54, 1.807) is 0 Å². The average Bonchev–Trinajstić information content (AvgIpc) is 2.45. The van der Waals surface area contributed by atoms with E-state index in [0.717, 1.165) is 19.6 Å². The number of hydrogen-bond donors (Lipinski definition) is 2. The number of nitrogens with zero attached hydrogens (tertiary/aromatic N) is 1. The van der Waals surface area contributed by atoms with E-state index in [2.05, 4.69) is 29.4 Å². The van der Waals surface area contributed by atoms with Crippen molar-refractivity contribution in [1.29, 1.82) is 0 Å². The number of likely N-dealkylation sites (N-methyl/N-ethyl adjacent to an activating group) is 1. The van der Waals surface area contributed by atoms with Crippen LogP contribution in [0, 0.1) is 0 Å². The molecule has 1 aromatic carbocycles. The number of anilines is 1. The van der Waals surface area contributed by atoms with Gasteiger partial charge in [0.05, 0.1) is 11.8 Å². The van der Waals surface area contributed by atoms with Gasteiger partial charge in [-0.2, -0.15) is 0 Å². The van der Waals surface area contributed by atoms with Crippen LogP contribution in [0.1, 0.15) is 27.7 Å². The second-order valence-electron chi connectivity index (χ2n) is 5.07. The van der Waals surface area contributed by atoms with Gasteiger partial charge in [0.2, 0.25) is 0 Å². The zero-order valence-electron chi connectivity index (χ0n) is 13.5. The maximum Gasteiger partial charge on any atom is 0.319 e. The summed E-state index contributed by atoms with van der Waals surface area (Å²) >= 11 is 0. The summed E-state index contributed by atoms with van der Waals surface area (Å²) in [5.74, 6) is 0.686. The summed E-state index contributed by atoms with van der Waals surface area (Å²) in [6, 6.07) is 7.24. The van der Waals surface area contributed by atoms with E-state index >= 15 is 0 Å². The first-order chi connectivity index (χ1) is 10.1. The van der Waals surface area contributed by atoms with E-state index in [0.29, 0.717) is 18.0 Å². The van der Waals surface area contributed by atoms with E-state index in [-0.39, 0.29) is 12.1 Å². The van der Waals surface area contributed by atoms with E-state index in [1.165, 1.54) is 0 Å². The van der Waals surface area contributed by atoms with Crippen molar-refractivity contribution in [2.45, 2.75) is 33.8 Å². The lowest BCUT2D eigenvalue weighted by atomic mass is 10.3. The molecule has 0 saturated carbocycles. The Kier molecular flexibility index (Phi) is 7.61. The molecule has 0 bridgehead atoms. The number of hydrogen-bond acceptors (Lipinski definition) is 3. The summed E-state index contributed by atoms with van der Waals surface area (Å²) in [4.78, 5) is 14.2. The summed E-state index contributed by atoms with van der Waals surface area (Å²) < 4.78 is 5.67. The summed E-state index contributed by atoms with van der Waals surface area (Å²) in [5.41, 5.74) is 0.687. The molecule has 0 heterocycles. The zero-order valence-corrected chi connectivity index (χ0v) is 13.5. The van der Waals surface area contributed by atoms with Gasteiger partial charge in [-0.3, -0.25) is 0 Å². The van der Waals surface area contributed by atoms with Crippen molar-refractivity contribution in [2.24, 2.45) is 0 Å². The molecular weight excluding hydrogens is 266 g/mol. The summed E-state index contributed by atoms with van der Waals surface area (Å²) in [6.45, 7) is 11.6. The first-order valence-corrected chi connectivity index (χ1v) is 7.59. The number of carbonyl (C=O) groups is 1. The molecule has 5 heteroatoms. The van der Waals surface area contributed by atoms with E-state index in [4.69, 9.17) is 4.74 Å². The third-order valence-corrected chi connectivity index (χ3v) is 3.11. The van der Waals surface area contributed by atoms with E-state index < -0.39 is 0 Å². The maximum absolute atomic E-state index is 11.9. The number of ether oxygens (including phenoxy) is 1. The quantitative estimate of drug-likeness (QED) is 0.775. The topological polar surface area (TPSA) is 53.6 Å². The molecule has 21 heavy (non-hydrogen) atoms. The van der Waals surface area contributed by atoms with Crippen LogP contribution in [-0.2, 0) is 0 Å². The molecule has 0 atom stereocenters. The fraction of sp³-hybridized carbons (Fsp3) is 0.562. The number of nitrogens with one attached hydrogen (secondary N) is 2. The smallest absolute Gasteiger partial charge is 0.319 e. The Morgan fingerprint density at radius 3 is 2.52 bits per heavy atom. The Hall–Kier alpha value is -1.75. The molecule has 0 aliphatic carbocycles. The molecule has 0 radical (unpaired) electrons. The molecule has 0 fully saturated rings. The average molecular weight is 293 g/mol. The minimum atomic E-state index is -0.207. The lowest BCUT2D eigenvalue weighted by Gasteiger charge is -2.18. The summed E-state index contributed by atoms with van der Waals surface area (Å²) in [7, 11) is 0. The van der Waals surface area contributed by atoms with Gasteiger partial charge in [-0.1, -0.05) is 26.0 Å². The van der Waals surface area contributed by atoms with Crippen LogP contribution in [0.3, 0.4) is 0 Å². The monoisotopic (exact) mass is 293 g/mol. The van der Waals surface area contributed by atoms with Crippen molar-refractivity contribution >= 4 is 11.7 Å². The third kappa shape index (κ3) is 6.49. The minimum Gasteiger partial charge on any atom is -0.489 e. The number of benzene rings is 1. The highest BCUT2D eigenvalue weighted by Crippen LogP contribution is 2.24.